The first kappa shape index (κ1) is 15.5. The number of hydrogen-bond acceptors (Lipinski definition) is 2. The molecule has 0 aromatic heterocycles. The number of likely N-dealkylation sites (tertiary alicyclic amines) is 1. The molecule has 0 saturated carbocycles. The molecular weight excluding hydrogens is 300 g/mol. The first-order chi connectivity index (χ1) is 11.1. The Balaban J connectivity index is 1.95. The van der Waals surface area contributed by atoms with Crippen LogP contribution in [0.1, 0.15) is 18.4 Å². The summed E-state index contributed by atoms with van der Waals surface area (Å²) < 4.78 is 32.0. The van der Waals surface area contributed by atoms with Crippen LogP contribution in [-0.2, 0) is 11.3 Å². The lowest BCUT2D eigenvalue weighted by molar-refractivity contribution is -0.128. The van der Waals surface area contributed by atoms with Gasteiger partial charge in [-0.15, -0.1) is 0 Å². The quantitative estimate of drug-likeness (QED) is 0.859. The predicted molar refractivity (Wildman–Crippen MR) is 83.0 cm³/mol. The zero-order chi connectivity index (χ0) is 16.4. The Morgan fingerprint density at radius 2 is 1.96 bits per heavy atom. The molecule has 0 radical (unpaired) electrons. The number of halogens is 2. The van der Waals surface area contributed by atoms with Gasteiger partial charge >= 0.3 is 0 Å². The lowest BCUT2D eigenvalue weighted by Crippen LogP contribution is -2.23. The molecule has 5 heteroatoms. The number of benzene rings is 2. The van der Waals surface area contributed by atoms with Crippen LogP contribution < -0.4 is 4.74 Å². The van der Waals surface area contributed by atoms with E-state index in [1.165, 1.54) is 13.2 Å². The van der Waals surface area contributed by atoms with Gasteiger partial charge in [-0.1, -0.05) is 12.1 Å². The zero-order valence-corrected chi connectivity index (χ0v) is 12.8. The van der Waals surface area contributed by atoms with Crippen molar-refractivity contribution in [1.29, 1.82) is 0 Å². The third-order valence-electron chi connectivity index (χ3n) is 4.04. The number of rotatable bonds is 4. The number of nitrogens with zero attached hydrogens (tertiary/aromatic N) is 1. The summed E-state index contributed by atoms with van der Waals surface area (Å²) in [7, 11) is 1.53. The number of methoxy groups -OCH3 is 1. The summed E-state index contributed by atoms with van der Waals surface area (Å²) in [6, 6.07) is 9.29. The summed E-state index contributed by atoms with van der Waals surface area (Å²) in [5.41, 5.74) is 2.15. The molecule has 23 heavy (non-hydrogen) atoms. The van der Waals surface area contributed by atoms with E-state index in [0.717, 1.165) is 30.7 Å². The van der Waals surface area contributed by atoms with E-state index in [0.29, 0.717) is 29.8 Å². The summed E-state index contributed by atoms with van der Waals surface area (Å²) in [4.78, 5) is 13.6. The second-order valence-corrected chi connectivity index (χ2v) is 5.58. The molecule has 1 aliphatic rings. The first-order valence-electron chi connectivity index (χ1n) is 7.48. The zero-order valence-electron chi connectivity index (χ0n) is 12.8. The molecule has 3 nitrogen and oxygen atoms in total. The van der Waals surface area contributed by atoms with Crippen molar-refractivity contribution in [1.82, 2.24) is 4.90 Å². The van der Waals surface area contributed by atoms with Crippen LogP contribution in [0.4, 0.5) is 8.78 Å². The molecule has 0 bridgehead atoms. The van der Waals surface area contributed by atoms with Crippen LogP contribution in [0.2, 0.25) is 0 Å². The van der Waals surface area contributed by atoms with Gasteiger partial charge in [-0.25, -0.2) is 8.78 Å². The normalized spacial score (nSPS) is 14.4. The molecule has 0 N–H and O–H groups in total. The Kier molecular flexibility index (Phi) is 4.28. The number of hydrogen-bond donors (Lipinski definition) is 0. The number of carbonyl (C=O) groups excluding carboxylic acids is 1. The molecular formula is C18H17F2NO2. The Morgan fingerprint density at radius 3 is 2.61 bits per heavy atom. The average molecular weight is 317 g/mol. The van der Waals surface area contributed by atoms with Gasteiger partial charge in [0.15, 0.2) is 11.6 Å². The minimum Gasteiger partial charge on any atom is -0.496 e. The Morgan fingerprint density at radius 1 is 1.13 bits per heavy atom. The van der Waals surface area contributed by atoms with E-state index < -0.39 is 11.6 Å². The van der Waals surface area contributed by atoms with E-state index in [9.17, 15) is 13.6 Å². The predicted octanol–water partition coefficient (Wildman–Crippen LogP) is 3.76. The van der Waals surface area contributed by atoms with Gasteiger partial charge in [0, 0.05) is 25.1 Å². The van der Waals surface area contributed by atoms with Crippen molar-refractivity contribution in [3.8, 4) is 16.9 Å². The largest absolute Gasteiger partial charge is 0.496 e. The average Bonchev–Trinajstić information content (AvgIpc) is 2.95. The summed E-state index contributed by atoms with van der Waals surface area (Å²) in [6.07, 6.45) is 1.47. The van der Waals surface area contributed by atoms with E-state index in [1.54, 1.807) is 11.0 Å². The number of amides is 1. The number of ether oxygens (including phenoxy) is 1. The molecule has 1 amide bonds. The molecule has 1 saturated heterocycles. The van der Waals surface area contributed by atoms with Gasteiger partial charge in [-0.2, -0.15) is 0 Å². The third-order valence-corrected chi connectivity index (χ3v) is 4.04. The van der Waals surface area contributed by atoms with E-state index in [-0.39, 0.29) is 5.91 Å². The van der Waals surface area contributed by atoms with Crippen LogP contribution in [0.25, 0.3) is 11.1 Å². The minimum atomic E-state index is -0.898. The maximum Gasteiger partial charge on any atom is 0.222 e. The molecule has 0 unspecified atom stereocenters. The Labute approximate surface area is 133 Å². The molecule has 2 aromatic rings. The van der Waals surface area contributed by atoms with Gasteiger partial charge in [0.1, 0.15) is 5.75 Å². The summed E-state index contributed by atoms with van der Waals surface area (Å²) >= 11 is 0. The van der Waals surface area contributed by atoms with Gasteiger partial charge in [0.25, 0.3) is 0 Å². The maximum absolute atomic E-state index is 13.5. The Bertz CT molecular complexity index is 746. The first-order valence-corrected chi connectivity index (χ1v) is 7.48. The van der Waals surface area contributed by atoms with Crippen molar-refractivity contribution in [2.75, 3.05) is 13.7 Å². The van der Waals surface area contributed by atoms with Crippen molar-refractivity contribution < 1.29 is 18.3 Å². The van der Waals surface area contributed by atoms with Gasteiger partial charge in [-0.05, 0) is 41.8 Å². The van der Waals surface area contributed by atoms with E-state index in [4.69, 9.17) is 4.74 Å². The highest BCUT2D eigenvalue weighted by Crippen LogP contribution is 2.32. The van der Waals surface area contributed by atoms with Crippen molar-refractivity contribution in [2.45, 2.75) is 19.4 Å². The third kappa shape index (κ3) is 3.18. The molecule has 2 aromatic carbocycles. The van der Waals surface area contributed by atoms with Crippen molar-refractivity contribution in [3.63, 3.8) is 0 Å². The fourth-order valence-electron chi connectivity index (χ4n) is 2.83. The van der Waals surface area contributed by atoms with Gasteiger partial charge < -0.3 is 9.64 Å². The lowest BCUT2D eigenvalue weighted by atomic mass is 10.0. The SMILES string of the molecule is COc1ccc(CN2CCCC2=O)cc1-c1ccc(F)c(F)c1. The maximum atomic E-state index is 13.5. The molecule has 1 heterocycles. The second-order valence-electron chi connectivity index (χ2n) is 5.58. The van der Waals surface area contributed by atoms with Crippen LogP contribution >= 0.6 is 0 Å². The monoisotopic (exact) mass is 317 g/mol. The highest BCUT2D eigenvalue weighted by atomic mass is 19.2. The van der Waals surface area contributed by atoms with Gasteiger partial charge in [0.05, 0.1) is 7.11 Å². The molecule has 0 spiro atoms. The van der Waals surface area contributed by atoms with Crippen LogP contribution in [-0.4, -0.2) is 24.5 Å². The van der Waals surface area contributed by atoms with Crippen molar-refractivity contribution >= 4 is 5.91 Å². The van der Waals surface area contributed by atoms with Crippen LogP contribution in [0.5, 0.6) is 5.75 Å². The topological polar surface area (TPSA) is 29.5 Å². The number of carbonyl (C=O) groups is 1. The fourth-order valence-corrected chi connectivity index (χ4v) is 2.83. The minimum absolute atomic E-state index is 0.148. The summed E-state index contributed by atoms with van der Waals surface area (Å²) in [5.74, 6) is -1.06. The van der Waals surface area contributed by atoms with E-state index >= 15 is 0 Å². The molecule has 0 atom stereocenters. The summed E-state index contributed by atoms with van der Waals surface area (Å²) in [6.45, 7) is 1.27. The van der Waals surface area contributed by atoms with Gasteiger partial charge in [0.2, 0.25) is 5.91 Å². The fraction of sp³-hybridized carbons (Fsp3) is 0.278. The molecule has 3 rings (SSSR count). The smallest absolute Gasteiger partial charge is 0.222 e. The van der Waals surface area contributed by atoms with Crippen LogP contribution in [0.15, 0.2) is 36.4 Å². The lowest BCUT2D eigenvalue weighted by Gasteiger charge is -2.17. The van der Waals surface area contributed by atoms with Crippen molar-refractivity contribution in [3.05, 3.63) is 53.6 Å². The summed E-state index contributed by atoms with van der Waals surface area (Å²) in [5, 5.41) is 0. The highest BCUT2D eigenvalue weighted by molar-refractivity contribution is 5.78. The molecule has 1 fully saturated rings. The molecule has 120 valence electrons. The molecule has 1 aliphatic heterocycles. The highest BCUT2D eigenvalue weighted by Gasteiger charge is 2.20. The van der Waals surface area contributed by atoms with Crippen LogP contribution in [0.3, 0.4) is 0 Å². The second kappa shape index (κ2) is 6.36. The van der Waals surface area contributed by atoms with E-state index in [2.05, 4.69) is 0 Å². The van der Waals surface area contributed by atoms with E-state index in [1.807, 2.05) is 12.1 Å². The van der Waals surface area contributed by atoms with Gasteiger partial charge in [-0.3, -0.25) is 4.79 Å². The standard InChI is InChI=1S/C18H17F2NO2/c1-23-17-7-4-12(11-21-8-2-3-18(21)22)9-14(17)13-5-6-15(19)16(20)10-13/h4-7,9-10H,2-3,8,11H2,1H3. The van der Waals surface area contributed by atoms with Crippen molar-refractivity contribution in [2.24, 2.45) is 0 Å². The Hall–Kier alpha value is -2.43. The molecule has 0 aliphatic carbocycles. The van der Waals surface area contributed by atoms with Crippen LogP contribution in [0, 0.1) is 11.6 Å².